The number of piperazine rings is 1. The third-order valence-electron chi connectivity index (χ3n) is 3.05. The molecule has 0 bridgehead atoms. The highest BCUT2D eigenvalue weighted by molar-refractivity contribution is 4.39. The molecule has 1 aliphatic rings. The molecule has 1 rings (SSSR count). The maximum atomic E-state index is 3.90. The highest BCUT2D eigenvalue weighted by Gasteiger charge is 2.21. The van der Waals surface area contributed by atoms with Crippen LogP contribution in [0.25, 0.3) is 0 Å². The summed E-state index contributed by atoms with van der Waals surface area (Å²) in [6, 6.07) is 0. The van der Waals surface area contributed by atoms with E-state index in [1.54, 1.807) is 0 Å². The van der Waals surface area contributed by atoms with Crippen LogP contribution in [0.5, 0.6) is 0 Å². The van der Waals surface area contributed by atoms with Crippen LogP contribution in [0.2, 0.25) is 0 Å². The van der Waals surface area contributed by atoms with Crippen LogP contribution in [0, 0.1) is 0 Å². The van der Waals surface area contributed by atoms with E-state index < -0.39 is 0 Å². The van der Waals surface area contributed by atoms with Gasteiger partial charge in [0.05, 0.1) is 19.6 Å². The van der Waals surface area contributed by atoms with Gasteiger partial charge in [-0.1, -0.05) is 6.92 Å². The summed E-state index contributed by atoms with van der Waals surface area (Å²) in [5, 5.41) is 0. The Morgan fingerprint density at radius 1 is 1.00 bits per heavy atom. The van der Waals surface area contributed by atoms with Gasteiger partial charge in [0.15, 0.2) is 0 Å². The molecule has 0 aromatic carbocycles. The van der Waals surface area contributed by atoms with Gasteiger partial charge < -0.3 is 15.5 Å². The van der Waals surface area contributed by atoms with Crippen molar-refractivity contribution in [2.45, 2.75) is 19.8 Å². The first-order chi connectivity index (χ1) is 6.36. The van der Waals surface area contributed by atoms with Crippen molar-refractivity contribution >= 4 is 0 Å². The van der Waals surface area contributed by atoms with Gasteiger partial charge >= 0.3 is 0 Å². The van der Waals surface area contributed by atoms with Crippen LogP contribution in [0.15, 0.2) is 0 Å². The second-order valence-electron chi connectivity index (χ2n) is 4.21. The molecule has 1 aliphatic heterocycles. The second-order valence-corrected chi connectivity index (χ2v) is 4.21. The summed E-state index contributed by atoms with van der Waals surface area (Å²) in [4.78, 5) is 3.63. The first-order valence-corrected chi connectivity index (χ1v) is 5.83. The first kappa shape index (κ1) is 11.0. The second kappa shape index (κ2) is 6.35. The van der Waals surface area contributed by atoms with E-state index in [-0.39, 0.29) is 0 Å². The molecule has 0 amide bonds. The molecule has 0 spiro atoms. The molecule has 5 N–H and O–H groups in total. The molecule has 0 aromatic rings. The standard InChI is InChI=1S/C10H23N3/c1-2-5-12-7-9-13(10-8-12)6-3-4-11/h2-11H2,1H3/p+3. The fraction of sp³-hybridized carbons (Fsp3) is 1.00. The minimum atomic E-state index is 1.11. The van der Waals surface area contributed by atoms with E-state index in [0.29, 0.717) is 0 Å². The molecule has 3 heteroatoms. The third kappa shape index (κ3) is 4.07. The van der Waals surface area contributed by atoms with Gasteiger partial charge in [0, 0.05) is 6.42 Å². The molecule has 13 heavy (non-hydrogen) atoms. The Kier molecular flexibility index (Phi) is 5.35. The molecule has 78 valence electrons. The Balaban J connectivity index is 2.08. The van der Waals surface area contributed by atoms with Gasteiger partial charge in [-0.25, -0.2) is 0 Å². The molecule has 3 nitrogen and oxygen atoms in total. The lowest BCUT2D eigenvalue weighted by Crippen LogP contribution is -3.28. The Bertz CT molecular complexity index is 119. The topological polar surface area (TPSA) is 36.5 Å². The summed E-state index contributed by atoms with van der Waals surface area (Å²) >= 11 is 0. The van der Waals surface area contributed by atoms with Gasteiger partial charge in [0.1, 0.15) is 26.2 Å². The Morgan fingerprint density at radius 3 is 2.00 bits per heavy atom. The zero-order chi connectivity index (χ0) is 9.52. The Labute approximate surface area is 81.9 Å². The lowest BCUT2D eigenvalue weighted by Gasteiger charge is -2.29. The molecule has 1 saturated heterocycles. The molecule has 0 aromatic heterocycles. The molecular formula is C10H26N3+3. The number of nitrogens with one attached hydrogen (secondary N) is 2. The van der Waals surface area contributed by atoms with Gasteiger partial charge in [0.25, 0.3) is 0 Å². The Morgan fingerprint density at radius 2 is 1.54 bits per heavy atom. The molecular weight excluding hydrogens is 162 g/mol. The van der Waals surface area contributed by atoms with Gasteiger partial charge in [0.2, 0.25) is 0 Å². The van der Waals surface area contributed by atoms with Crippen molar-refractivity contribution in [2.24, 2.45) is 0 Å². The Hall–Kier alpha value is -0.120. The van der Waals surface area contributed by atoms with Crippen molar-refractivity contribution in [3.8, 4) is 0 Å². The van der Waals surface area contributed by atoms with Gasteiger partial charge in [-0.05, 0) is 6.42 Å². The molecule has 1 fully saturated rings. The van der Waals surface area contributed by atoms with Crippen LogP contribution in [0.4, 0.5) is 0 Å². The quantitative estimate of drug-likeness (QED) is 0.407. The lowest BCUT2D eigenvalue weighted by atomic mass is 10.3. The molecule has 0 atom stereocenters. The minimum absolute atomic E-state index is 1.11. The highest BCUT2D eigenvalue weighted by atomic mass is 15.3. The largest absolute Gasteiger partial charge is 0.357 e. The number of rotatable bonds is 5. The van der Waals surface area contributed by atoms with E-state index in [9.17, 15) is 0 Å². The van der Waals surface area contributed by atoms with Crippen LogP contribution < -0.4 is 15.5 Å². The molecule has 0 saturated carbocycles. The van der Waals surface area contributed by atoms with Crippen molar-refractivity contribution in [1.82, 2.24) is 0 Å². The lowest BCUT2D eigenvalue weighted by molar-refractivity contribution is -1.01. The van der Waals surface area contributed by atoms with E-state index in [0.717, 1.165) is 6.54 Å². The summed E-state index contributed by atoms with van der Waals surface area (Å²) in [5.41, 5.74) is 3.90. The number of hydrogen-bond acceptors (Lipinski definition) is 0. The van der Waals surface area contributed by atoms with E-state index in [2.05, 4.69) is 12.7 Å². The smallest absolute Gasteiger partial charge is 0.127 e. The zero-order valence-electron chi connectivity index (χ0n) is 9.07. The number of hydrogen-bond donors (Lipinski definition) is 3. The summed E-state index contributed by atoms with van der Waals surface area (Å²) in [5.74, 6) is 0. The SMILES string of the molecule is CCC[NH+]1CC[NH+](CCC[NH3+])CC1. The van der Waals surface area contributed by atoms with Crippen molar-refractivity contribution in [3.63, 3.8) is 0 Å². The molecule has 0 unspecified atom stereocenters. The molecule has 0 aliphatic carbocycles. The van der Waals surface area contributed by atoms with Crippen LogP contribution in [0.3, 0.4) is 0 Å². The maximum Gasteiger partial charge on any atom is 0.127 e. The van der Waals surface area contributed by atoms with Crippen LogP contribution in [-0.2, 0) is 0 Å². The highest BCUT2D eigenvalue weighted by Crippen LogP contribution is 1.68. The van der Waals surface area contributed by atoms with Crippen LogP contribution >= 0.6 is 0 Å². The van der Waals surface area contributed by atoms with E-state index >= 15 is 0 Å². The zero-order valence-corrected chi connectivity index (χ0v) is 9.07. The van der Waals surface area contributed by atoms with E-state index in [4.69, 9.17) is 0 Å². The molecule has 0 radical (unpaired) electrons. The normalized spacial score (nSPS) is 29.1. The average Bonchev–Trinajstić information content (AvgIpc) is 2.17. The maximum absolute atomic E-state index is 3.90. The monoisotopic (exact) mass is 188 g/mol. The summed E-state index contributed by atoms with van der Waals surface area (Å²) in [7, 11) is 0. The fourth-order valence-corrected chi connectivity index (χ4v) is 2.19. The van der Waals surface area contributed by atoms with E-state index in [1.165, 1.54) is 52.1 Å². The minimum Gasteiger partial charge on any atom is -0.357 e. The molecule has 1 heterocycles. The van der Waals surface area contributed by atoms with Gasteiger partial charge in [-0.15, -0.1) is 0 Å². The first-order valence-electron chi connectivity index (χ1n) is 5.83. The van der Waals surface area contributed by atoms with Crippen molar-refractivity contribution in [3.05, 3.63) is 0 Å². The number of quaternary nitrogens is 3. The summed E-state index contributed by atoms with van der Waals surface area (Å²) in [6.45, 7) is 11.7. The average molecular weight is 188 g/mol. The van der Waals surface area contributed by atoms with Crippen LogP contribution in [-0.4, -0.2) is 45.8 Å². The predicted octanol–water partition coefficient (Wildman–Crippen LogP) is -3.19. The van der Waals surface area contributed by atoms with Gasteiger partial charge in [-0.3, -0.25) is 0 Å². The van der Waals surface area contributed by atoms with Crippen LogP contribution in [0.1, 0.15) is 19.8 Å². The predicted molar refractivity (Wildman–Crippen MR) is 53.8 cm³/mol. The van der Waals surface area contributed by atoms with Crippen molar-refractivity contribution in [1.29, 1.82) is 0 Å². The van der Waals surface area contributed by atoms with Crippen molar-refractivity contribution < 1.29 is 15.5 Å². The van der Waals surface area contributed by atoms with Crippen molar-refractivity contribution in [2.75, 3.05) is 45.8 Å². The third-order valence-corrected chi connectivity index (χ3v) is 3.05. The summed E-state index contributed by atoms with van der Waals surface area (Å²) in [6.07, 6.45) is 2.64. The van der Waals surface area contributed by atoms with Gasteiger partial charge in [-0.2, -0.15) is 0 Å². The van der Waals surface area contributed by atoms with E-state index in [1.807, 2.05) is 9.80 Å². The summed E-state index contributed by atoms with van der Waals surface area (Å²) < 4.78 is 0. The fourth-order valence-electron chi connectivity index (χ4n) is 2.19.